The third-order valence-electron chi connectivity index (χ3n) is 7.26. The van der Waals surface area contributed by atoms with Crippen molar-refractivity contribution >= 4 is 44.6 Å². The van der Waals surface area contributed by atoms with E-state index in [-0.39, 0.29) is 28.2 Å². The number of likely N-dealkylation sites (N-methyl/N-ethyl adjacent to an activating group) is 1. The first-order chi connectivity index (χ1) is 20.5. The quantitative estimate of drug-likeness (QED) is 0.274. The van der Waals surface area contributed by atoms with Gasteiger partial charge in [0, 0.05) is 18.3 Å². The second kappa shape index (κ2) is 11.3. The van der Waals surface area contributed by atoms with Crippen LogP contribution in [0.1, 0.15) is 39.8 Å². The normalized spacial score (nSPS) is 24.7. The van der Waals surface area contributed by atoms with Gasteiger partial charge in [-0.2, -0.15) is 0 Å². The van der Waals surface area contributed by atoms with Gasteiger partial charge in [0.25, 0.3) is 5.91 Å². The second-order valence-corrected chi connectivity index (χ2v) is 12.5. The molecule has 228 valence electrons. The number of hydrogen-bond donors (Lipinski definition) is 4. The molecule has 2 saturated heterocycles. The lowest BCUT2D eigenvalue weighted by molar-refractivity contribution is -0.197. The maximum absolute atomic E-state index is 12.8. The summed E-state index contributed by atoms with van der Waals surface area (Å²) >= 11 is 0. The maximum Gasteiger partial charge on any atom is 0.324 e. The van der Waals surface area contributed by atoms with E-state index in [0.29, 0.717) is 30.7 Å². The van der Waals surface area contributed by atoms with Gasteiger partial charge in [0.05, 0.1) is 11.2 Å². The number of urea groups is 1. The fourth-order valence-corrected chi connectivity index (χ4v) is 6.67. The van der Waals surface area contributed by atoms with E-state index in [1.165, 1.54) is 36.9 Å². The molecule has 4 atom stereocenters. The molecule has 3 amide bonds. The second-order valence-electron chi connectivity index (χ2n) is 10.8. The first-order valence-corrected chi connectivity index (χ1v) is 15.3. The molecule has 16 heteroatoms. The average molecular weight is 613 g/mol. The maximum atomic E-state index is 12.8. The summed E-state index contributed by atoms with van der Waals surface area (Å²) in [5, 5.41) is 8.09. The number of aromatic nitrogens is 4. The largest absolute Gasteiger partial charge is 0.354 e. The molecule has 2 aliphatic heterocycles. The van der Waals surface area contributed by atoms with E-state index in [2.05, 4.69) is 35.6 Å². The van der Waals surface area contributed by atoms with Gasteiger partial charge in [0.15, 0.2) is 35.1 Å². The van der Waals surface area contributed by atoms with Crippen LogP contribution in [0, 0.1) is 0 Å². The Bertz CT molecular complexity index is 1670. The Labute approximate surface area is 247 Å². The molecule has 4 N–H and O–H groups in total. The molecule has 2 fully saturated rings. The summed E-state index contributed by atoms with van der Waals surface area (Å²) in [6.45, 7) is 5.78. The molecule has 1 aromatic carbocycles. The van der Waals surface area contributed by atoms with Crippen LogP contribution in [0.3, 0.4) is 0 Å². The number of amides is 3. The number of ether oxygens (including phenoxy) is 3. The summed E-state index contributed by atoms with van der Waals surface area (Å²) in [6, 6.07) is 5.05. The van der Waals surface area contributed by atoms with Gasteiger partial charge in [0.1, 0.15) is 18.5 Å². The number of anilines is 2. The molecule has 43 heavy (non-hydrogen) atoms. The van der Waals surface area contributed by atoms with Crippen LogP contribution in [0.15, 0.2) is 54.0 Å². The highest BCUT2D eigenvalue weighted by atomic mass is 32.2. The number of benzene rings is 1. The highest BCUT2D eigenvalue weighted by molar-refractivity contribution is 7.89. The molecule has 1 aliphatic carbocycles. The van der Waals surface area contributed by atoms with Crippen LogP contribution < -0.4 is 20.7 Å². The van der Waals surface area contributed by atoms with Crippen molar-refractivity contribution in [3.8, 4) is 0 Å². The number of hydrogen-bond acceptors (Lipinski definition) is 10. The molecule has 0 spiro atoms. The zero-order valence-corrected chi connectivity index (χ0v) is 24.5. The van der Waals surface area contributed by atoms with Crippen LogP contribution in [0.25, 0.3) is 11.2 Å². The van der Waals surface area contributed by atoms with E-state index in [9.17, 15) is 18.0 Å². The molecular weight excluding hydrogens is 580 g/mol. The Morgan fingerprint density at radius 3 is 2.47 bits per heavy atom. The minimum absolute atomic E-state index is 0.0965. The summed E-state index contributed by atoms with van der Waals surface area (Å²) < 4.78 is 47.8. The van der Waals surface area contributed by atoms with Gasteiger partial charge in [-0.1, -0.05) is 12.2 Å². The lowest BCUT2D eigenvalue weighted by atomic mass is 10.1. The Morgan fingerprint density at radius 1 is 1.02 bits per heavy atom. The monoisotopic (exact) mass is 612 g/mol. The number of nitrogens with zero attached hydrogens (tertiary/aromatic N) is 4. The predicted molar refractivity (Wildman–Crippen MR) is 153 cm³/mol. The zero-order chi connectivity index (χ0) is 30.4. The lowest BCUT2D eigenvalue weighted by Gasteiger charge is -2.24. The summed E-state index contributed by atoms with van der Waals surface area (Å²) in [4.78, 5) is 38.6. The van der Waals surface area contributed by atoms with Crippen molar-refractivity contribution in [3.63, 3.8) is 0 Å². The highest BCUT2D eigenvalue weighted by Gasteiger charge is 2.58. The molecule has 0 saturated carbocycles. The van der Waals surface area contributed by atoms with E-state index >= 15 is 0 Å². The van der Waals surface area contributed by atoms with Crippen molar-refractivity contribution in [1.82, 2.24) is 29.6 Å². The van der Waals surface area contributed by atoms with Crippen molar-refractivity contribution in [1.29, 1.82) is 0 Å². The number of rotatable bonds is 8. The van der Waals surface area contributed by atoms with Crippen LogP contribution in [-0.2, 0) is 29.0 Å². The van der Waals surface area contributed by atoms with Gasteiger partial charge in [-0.3, -0.25) is 14.7 Å². The topological polar surface area (TPSA) is 188 Å². The van der Waals surface area contributed by atoms with E-state index in [4.69, 9.17) is 14.2 Å². The van der Waals surface area contributed by atoms with Crippen molar-refractivity contribution in [2.45, 2.75) is 74.9 Å². The van der Waals surface area contributed by atoms with Gasteiger partial charge in [-0.25, -0.2) is 32.9 Å². The number of carbonyl (C=O) groups excluding carboxylic acids is 2. The van der Waals surface area contributed by atoms with Gasteiger partial charge in [-0.15, -0.1) is 0 Å². The van der Waals surface area contributed by atoms with Crippen molar-refractivity contribution in [2.24, 2.45) is 0 Å². The SMILES string of the molecule is CCNC(=O)[C@H]1O[C@@H](n2cnc3c(NC(=O)Nc4ccc(S(=O)(=O)NC5CC=CC5)cc4)ncnc32)[C@@H]2OC(C)(C)O[C@@H]21. The van der Waals surface area contributed by atoms with Gasteiger partial charge >= 0.3 is 6.03 Å². The summed E-state index contributed by atoms with van der Waals surface area (Å²) in [6.07, 6.45) is 4.98. The number of nitrogens with one attached hydrogen (secondary N) is 4. The number of fused-ring (bicyclic) bond motifs is 2. The van der Waals surface area contributed by atoms with E-state index in [0.717, 1.165) is 0 Å². The third kappa shape index (κ3) is 5.83. The Morgan fingerprint density at radius 2 is 1.74 bits per heavy atom. The minimum atomic E-state index is -3.69. The van der Waals surface area contributed by atoms with Crippen LogP contribution in [0.4, 0.5) is 16.3 Å². The first-order valence-electron chi connectivity index (χ1n) is 13.9. The summed E-state index contributed by atoms with van der Waals surface area (Å²) in [5.41, 5.74) is 1.00. The Balaban J connectivity index is 1.16. The fraction of sp³-hybridized carbons (Fsp3) is 0.444. The standard InChI is InChI=1S/C27H32N8O7S/c1-4-28-24(36)20-19-21(42-27(2,3)41-19)25(40-20)35-14-31-18-22(29-13-30-23(18)35)33-26(37)32-15-9-11-17(12-10-15)43(38,39)34-16-7-5-6-8-16/h5-6,9-14,16,19-21,25,34H,4,7-8H2,1-3H3,(H,28,36)(H2,29,30,32,33,37)/t19-,20+,21-,25-/m1/s1. The van der Waals surface area contributed by atoms with Crippen LogP contribution in [0.2, 0.25) is 0 Å². The van der Waals surface area contributed by atoms with Crippen molar-refractivity contribution in [3.05, 3.63) is 49.1 Å². The fourth-order valence-electron chi connectivity index (χ4n) is 5.40. The van der Waals surface area contributed by atoms with Crippen molar-refractivity contribution < 1.29 is 32.2 Å². The van der Waals surface area contributed by atoms with Gasteiger partial charge in [0.2, 0.25) is 10.0 Å². The lowest BCUT2D eigenvalue weighted by Crippen LogP contribution is -2.42. The van der Waals surface area contributed by atoms with E-state index in [1.54, 1.807) is 18.4 Å². The minimum Gasteiger partial charge on any atom is -0.354 e. The van der Waals surface area contributed by atoms with E-state index in [1.807, 2.05) is 19.1 Å². The Kier molecular flexibility index (Phi) is 7.64. The third-order valence-corrected chi connectivity index (χ3v) is 8.79. The molecule has 0 bridgehead atoms. The zero-order valence-electron chi connectivity index (χ0n) is 23.7. The molecule has 3 aromatic rings. The number of carbonyl (C=O) groups is 2. The first kappa shape index (κ1) is 29.1. The molecule has 6 rings (SSSR count). The van der Waals surface area contributed by atoms with Gasteiger partial charge in [-0.05, 0) is 57.9 Å². The Hall–Kier alpha value is -3.96. The number of imidazole rings is 1. The number of sulfonamides is 1. The van der Waals surface area contributed by atoms with E-state index < -0.39 is 46.4 Å². The molecule has 15 nitrogen and oxygen atoms in total. The summed E-state index contributed by atoms with van der Waals surface area (Å²) in [7, 11) is -3.69. The molecule has 2 aromatic heterocycles. The molecule has 0 radical (unpaired) electrons. The molecule has 0 unspecified atom stereocenters. The molecular formula is C27H32N8O7S. The van der Waals surface area contributed by atoms with Crippen LogP contribution in [0.5, 0.6) is 0 Å². The molecule has 3 aliphatic rings. The van der Waals surface area contributed by atoms with Crippen molar-refractivity contribution in [2.75, 3.05) is 17.2 Å². The smallest absolute Gasteiger partial charge is 0.324 e. The van der Waals surface area contributed by atoms with Crippen LogP contribution in [-0.4, -0.2) is 76.6 Å². The molecule has 4 heterocycles. The predicted octanol–water partition coefficient (Wildman–Crippen LogP) is 2.02. The summed E-state index contributed by atoms with van der Waals surface area (Å²) in [5.74, 6) is -1.11. The average Bonchev–Trinajstić information content (AvgIpc) is 3.73. The highest BCUT2D eigenvalue weighted by Crippen LogP contribution is 2.44. The van der Waals surface area contributed by atoms with Gasteiger partial charge < -0.3 is 24.8 Å². The van der Waals surface area contributed by atoms with Crippen LogP contribution >= 0.6 is 0 Å².